The van der Waals surface area contributed by atoms with Crippen molar-refractivity contribution in [3.05, 3.63) is 47.3 Å². The van der Waals surface area contributed by atoms with Crippen molar-refractivity contribution >= 4 is 5.91 Å². The average molecular weight is 288 g/mol. The van der Waals surface area contributed by atoms with Crippen LogP contribution in [0.2, 0.25) is 0 Å². The molecule has 0 aliphatic rings. The molecule has 0 radical (unpaired) electrons. The summed E-state index contributed by atoms with van der Waals surface area (Å²) < 4.78 is 10.5. The number of nitrogens with zero attached hydrogens (tertiary/aromatic N) is 1. The molecule has 1 heterocycles. The molecular weight excluding hydrogens is 268 g/mol. The Morgan fingerprint density at radius 3 is 2.71 bits per heavy atom. The van der Waals surface area contributed by atoms with Crippen molar-refractivity contribution in [3.63, 3.8) is 0 Å². The van der Waals surface area contributed by atoms with Crippen LogP contribution in [0.3, 0.4) is 0 Å². The molecule has 0 unspecified atom stereocenters. The molecule has 1 amide bonds. The van der Waals surface area contributed by atoms with Crippen LogP contribution in [0.4, 0.5) is 0 Å². The van der Waals surface area contributed by atoms with E-state index in [-0.39, 0.29) is 5.91 Å². The first-order chi connectivity index (χ1) is 10.2. The van der Waals surface area contributed by atoms with Crippen molar-refractivity contribution in [2.75, 3.05) is 6.61 Å². The van der Waals surface area contributed by atoms with Gasteiger partial charge in [0.05, 0.1) is 13.2 Å². The van der Waals surface area contributed by atoms with Crippen LogP contribution in [-0.2, 0) is 6.54 Å². The standard InChI is InChI=1S/C16H20N2O3/c1-3-4-9-20-15-7-5-13(6-8-15)16(19)17-11-14-10-12(2)21-18-14/h5-8,10H,3-4,9,11H2,1-2H3,(H,17,19). The highest BCUT2D eigenvalue weighted by Gasteiger charge is 2.07. The Morgan fingerprint density at radius 2 is 2.10 bits per heavy atom. The number of nitrogens with one attached hydrogen (secondary N) is 1. The summed E-state index contributed by atoms with van der Waals surface area (Å²) in [6, 6.07) is 8.93. The van der Waals surface area contributed by atoms with Crippen LogP contribution in [0, 0.1) is 6.92 Å². The second-order valence-electron chi connectivity index (χ2n) is 4.84. The third-order valence-electron chi connectivity index (χ3n) is 2.99. The highest BCUT2D eigenvalue weighted by atomic mass is 16.5. The summed E-state index contributed by atoms with van der Waals surface area (Å²) in [5, 5.41) is 6.63. The molecule has 0 aliphatic carbocycles. The molecule has 2 rings (SSSR count). The number of aryl methyl sites for hydroxylation is 1. The molecule has 0 atom stereocenters. The van der Waals surface area contributed by atoms with Gasteiger partial charge in [0.2, 0.25) is 0 Å². The third kappa shape index (κ3) is 4.63. The highest BCUT2D eigenvalue weighted by molar-refractivity contribution is 5.94. The lowest BCUT2D eigenvalue weighted by atomic mass is 10.2. The first-order valence-electron chi connectivity index (χ1n) is 7.12. The number of carbonyl (C=O) groups excluding carboxylic acids is 1. The number of amides is 1. The monoisotopic (exact) mass is 288 g/mol. The Balaban J connectivity index is 1.84. The summed E-state index contributed by atoms with van der Waals surface area (Å²) in [5.41, 5.74) is 1.30. The lowest BCUT2D eigenvalue weighted by Crippen LogP contribution is -2.22. The molecule has 0 saturated carbocycles. The van der Waals surface area contributed by atoms with Gasteiger partial charge in [0.1, 0.15) is 17.2 Å². The Morgan fingerprint density at radius 1 is 1.33 bits per heavy atom. The summed E-state index contributed by atoms with van der Waals surface area (Å²) in [7, 11) is 0. The molecule has 0 aliphatic heterocycles. The van der Waals surface area contributed by atoms with Gasteiger partial charge in [0.15, 0.2) is 0 Å². The van der Waals surface area contributed by atoms with E-state index >= 15 is 0 Å². The van der Waals surface area contributed by atoms with Crippen molar-refractivity contribution in [3.8, 4) is 5.75 Å². The maximum atomic E-state index is 12.0. The molecule has 1 N–H and O–H groups in total. The fraction of sp³-hybridized carbons (Fsp3) is 0.375. The normalized spacial score (nSPS) is 10.4. The summed E-state index contributed by atoms with van der Waals surface area (Å²) in [6.07, 6.45) is 2.13. The van der Waals surface area contributed by atoms with Crippen LogP contribution in [-0.4, -0.2) is 17.7 Å². The average Bonchev–Trinajstić information content (AvgIpc) is 2.91. The number of carbonyl (C=O) groups is 1. The van der Waals surface area contributed by atoms with Crippen molar-refractivity contribution in [2.24, 2.45) is 0 Å². The minimum atomic E-state index is -0.143. The van der Waals surface area contributed by atoms with Gasteiger partial charge in [-0.3, -0.25) is 4.79 Å². The summed E-state index contributed by atoms with van der Waals surface area (Å²) in [5.74, 6) is 1.37. The van der Waals surface area contributed by atoms with Crippen LogP contribution < -0.4 is 10.1 Å². The van der Waals surface area contributed by atoms with E-state index < -0.39 is 0 Å². The Hall–Kier alpha value is -2.30. The zero-order chi connectivity index (χ0) is 15.1. The SMILES string of the molecule is CCCCOc1ccc(C(=O)NCc2cc(C)on2)cc1. The lowest BCUT2D eigenvalue weighted by molar-refractivity contribution is 0.0950. The van der Waals surface area contributed by atoms with Gasteiger partial charge in [0, 0.05) is 11.6 Å². The Kier molecular flexibility index (Phi) is 5.37. The second kappa shape index (κ2) is 7.47. The van der Waals surface area contributed by atoms with Gasteiger partial charge in [-0.05, 0) is 37.6 Å². The van der Waals surface area contributed by atoms with E-state index in [9.17, 15) is 4.79 Å². The maximum Gasteiger partial charge on any atom is 0.251 e. The van der Waals surface area contributed by atoms with E-state index in [0.29, 0.717) is 24.4 Å². The summed E-state index contributed by atoms with van der Waals surface area (Å²) >= 11 is 0. The second-order valence-corrected chi connectivity index (χ2v) is 4.84. The molecule has 5 heteroatoms. The number of unbranched alkanes of at least 4 members (excludes halogenated alkanes) is 1. The van der Waals surface area contributed by atoms with Gasteiger partial charge in [-0.1, -0.05) is 18.5 Å². The largest absolute Gasteiger partial charge is 0.494 e. The maximum absolute atomic E-state index is 12.0. The number of aromatic nitrogens is 1. The topological polar surface area (TPSA) is 64.4 Å². The molecule has 0 spiro atoms. The van der Waals surface area contributed by atoms with Crippen LogP contribution in [0.5, 0.6) is 5.75 Å². The van der Waals surface area contributed by atoms with Gasteiger partial charge in [-0.2, -0.15) is 0 Å². The number of hydrogen-bond donors (Lipinski definition) is 1. The molecule has 21 heavy (non-hydrogen) atoms. The number of ether oxygens (including phenoxy) is 1. The predicted octanol–water partition coefficient (Wildman–Crippen LogP) is 3.09. The van der Waals surface area contributed by atoms with E-state index in [1.807, 2.05) is 19.1 Å². The zero-order valence-electron chi connectivity index (χ0n) is 12.4. The molecule has 0 fully saturated rings. The van der Waals surface area contributed by atoms with Gasteiger partial charge < -0.3 is 14.6 Å². The van der Waals surface area contributed by atoms with Gasteiger partial charge >= 0.3 is 0 Å². The van der Waals surface area contributed by atoms with Gasteiger partial charge in [-0.25, -0.2) is 0 Å². The minimum Gasteiger partial charge on any atom is -0.494 e. The molecule has 5 nitrogen and oxygen atoms in total. The molecule has 0 bridgehead atoms. The molecule has 1 aromatic carbocycles. The molecule has 0 saturated heterocycles. The van der Waals surface area contributed by atoms with E-state index in [2.05, 4.69) is 17.4 Å². The van der Waals surface area contributed by atoms with E-state index in [1.54, 1.807) is 18.2 Å². The molecule has 1 aromatic heterocycles. The molecule has 2 aromatic rings. The zero-order valence-corrected chi connectivity index (χ0v) is 12.4. The van der Waals surface area contributed by atoms with Crippen LogP contribution in [0.1, 0.15) is 41.6 Å². The number of hydrogen-bond acceptors (Lipinski definition) is 4. The number of benzene rings is 1. The highest BCUT2D eigenvalue weighted by Crippen LogP contribution is 2.13. The van der Waals surface area contributed by atoms with Crippen molar-refractivity contribution in [2.45, 2.75) is 33.2 Å². The predicted molar refractivity (Wildman–Crippen MR) is 79.3 cm³/mol. The third-order valence-corrected chi connectivity index (χ3v) is 2.99. The minimum absolute atomic E-state index is 0.143. The van der Waals surface area contributed by atoms with Crippen LogP contribution in [0.25, 0.3) is 0 Å². The smallest absolute Gasteiger partial charge is 0.251 e. The van der Waals surface area contributed by atoms with Crippen molar-refractivity contribution in [1.29, 1.82) is 0 Å². The molecule has 112 valence electrons. The van der Waals surface area contributed by atoms with E-state index in [1.165, 1.54) is 0 Å². The van der Waals surface area contributed by atoms with Crippen molar-refractivity contribution < 1.29 is 14.1 Å². The van der Waals surface area contributed by atoms with Crippen LogP contribution in [0.15, 0.2) is 34.9 Å². The summed E-state index contributed by atoms with van der Waals surface area (Å²) in [6.45, 7) is 4.99. The Bertz CT molecular complexity index is 575. The molecular formula is C16H20N2O3. The van der Waals surface area contributed by atoms with E-state index in [4.69, 9.17) is 9.26 Å². The van der Waals surface area contributed by atoms with Gasteiger partial charge in [-0.15, -0.1) is 0 Å². The first-order valence-corrected chi connectivity index (χ1v) is 7.12. The van der Waals surface area contributed by atoms with E-state index in [0.717, 1.165) is 24.4 Å². The fourth-order valence-electron chi connectivity index (χ4n) is 1.81. The summed E-state index contributed by atoms with van der Waals surface area (Å²) in [4.78, 5) is 12.0. The number of rotatable bonds is 7. The fourth-order valence-corrected chi connectivity index (χ4v) is 1.81. The Labute approximate surface area is 124 Å². The van der Waals surface area contributed by atoms with Crippen LogP contribution >= 0.6 is 0 Å². The van der Waals surface area contributed by atoms with Gasteiger partial charge in [0.25, 0.3) is 5.91 Å². The first kappa shape index (κ1) is 15.1. The quantitative estimate of drug-likeness (QED) is 0.795. The van der Waals surface area contributed by atoms with Crippen molar-refractivity contribution in [1.82, 2.24) is 10.5 Å². The lowest BCUT2D eigenvalue weighted by Gasteiger charge is -2.06.